The Hall–Kier alpha value is -1.14. The maximum atomic E-state index is 12.1. The van der Waals surface area contributed by atoms with Crippen molar-refractivity contribution in [2.45, 2.75) is 45.4 Å². The first-order valence-corrected chi connectivity index (χ1v) is 5.61. The fraction of sp³-hybridized carbons (Fsp3) is 0.818. The van der Waals surface area contributed by atoms with E-state index in [1.807, 2.05) is 20.8 Å². The lowest BCUT2D eigenvalue weighted by Crippen LogP contribution is -2.53. The molecule has 1 aliphatic heterocycles. The Morgan fingerprint density at radius 2 is 1.94 bits per heavy atom. The van der Waals surface area contributed by atoms with E-state index >= 15 is 0 Å². The van der Waals surface area contributed by atoms with Gasteiger partial charge in [0, 0.05) is 13.0 Å². The van der Waals surface area contributed by atoms with Crippen LogP contribution in [0, 0.1) is 5.41 Å². The molecule has 1 aliphatic rings. The molecular formula is C11H20N2O4. The number of hydrogen-bond donors (Lipinski definition) is 3. The number of carbonyl (C=O) groups is 2. The van der Waals surface area contributed by atoms with Crippen LogP contribution in [0.1, 0.15) is 27.2 Å². The van der Waals surface area contributed by atoms with Crippen LogP contribution in [0.15, 0.2) is 0 Å². The summed E-state index contributed by atoms with van der Waals surface area (Å²) in [5.41, 5.74) is 5.38. The van der Waals surface area contributed by atoms with Crippen molar-refractivity contribution in [3.63, 3.8) is 0 Å². The second-order valence-electron chi connectivity index (χ2n) is 5.58. The zero-order chi connectivity index (χ0) is 13.4. The van der Waals surface area contributed by atoms with Crippen LogP contribution in [0.5, 0.6) is 0 Å². The van der Waals surface area contributed by atoms with Gasteiger partial charge in [-0.15, -0.1) is 0 Å². The molecule has 6 heteroatoms. The second kappa shape index (κ2) is 4.62. The van der Waals surface area contributed by atoms with Gasteiger partial charge in [-0.05, 0) is 5.41 Å². The van der Waals surface area contributed by atoms with Crippen molar-refractivity contribution < 1.29 is 19.8 Å². The van der Waals surface area contributed by atoms with Crippen LogP contribution in [-0.4, -0.2) is 51.7 Å². The minimum atomic E-state index is -1.10. The molecule has 1 amide bonds. The predicted octanol–water partition coefficient (Wildman–Crippen LogP) is -0.594. The molecule has 0 radical (unpaired) electrons. The van der Waals surface area contributed by atoms with Crippen molar-refractivity contribution in [1.82, 2.24) is 4.90 Å². The number of aliphatic hydroxyl groups excluding tert-OH is 1. The average molecular weight is 244 g/mol. The molecule has 0 aromatic rings. The van der Waals surface area contributed by atoms with Crippen molar-refractivity contribution in [3.05, 3.63) is 0 Å². The summed E-state index contributed by atoms with van der Waals surface area (Å²) in [6, 6.07) is -1.74. The van der Waals surface area contributed by atoms with Crippen molar-refractivity contribution in [1.29, 1.82) is 0 Å². The maximum Gasteiger partial charge on any atom is 0.326 e. The molecule has 3 atom stereocenters. The smallest absolute Gasteiger partial charge is 0.326 e. The summed E-state index contributed by atoms with van der Waals surface area (Å²) in [5, 5.41) is 18.4. The Labute approximate surface area is 100 Å². The SMILES string of the molecule is CC(C)(C)C(N)C(=O)N1CC(O)C[C@H]1C(=O)O. The largest absolute Gasteiger partial charge is 0.480 e. The highest BCUT2D eigenvalue weighted by molar-refractivity contribution is 5.88. The van der Waals surface area contributed by atoms with E-state index in [1.165, 1.54) is 4.90 Å². The fourth-order valence-electron chi connectivity index (χ4n) is 1.84. The standard InChI is InChI=1S/C11H20N2O4/c1-11(2,3)8(12)9(15)13-5-6(14)4-7(13)10(16)17/h6-8,14H,4-5,12H2,1-3H3,(H,16,17)/t6?,7-,8?/m0/s1. The van der Waals surface area contributed by atoms with Crippen molar-refractivity contribution in [3.8, 4) is 0 Å². The van der Waals surface area contributed by atoms with Gasteiger partial charge in [0.25, 0.3) is 0 Å². The quantitative estimate of drug-likeness (QED) is 0.602. The summed E-state index contributed by atoms with van der Waals surface area (Å²) >= 11 is 0. The Morgan fingerprint density at radius 3 is 2.35 bits per heavy atom. The Morgan fingerprint density at radius 1 is 1.41 bits per heavy atom. The lowest BCUT2D eigenvalue weighted by molar-refractivity contribution is -0.149. The molecule has 98 valence electrons. The summed E-state index contributed by atoms with van der Waals surface area (Å²) in [7, 11) is 0. The number of nitrogens with two attached hydrogens (primary N) is 1. The molecule has 6 nitrogen and oxygen atoms in total. The molecule has 1 rings (SSSR count). The summed E-state index contributed by atoms with van der Waals surface area (Å²) in [6.45, 7) is 5.49. The minimum Gasteiger partial charge on any atom is -0.480 e. The van der Waals surface area contributed by atoms with Crippen LogP contribution in [-0.2, 0) is 9.59 Å². The first-order valence-electron chi connectivity index (χ1n) is 5.61. The highest BCUT2D eigenvalue weighted by atomic mass is 16.4. The maximum absolute atomic E-state index is 12.1. The first kappa shape index (κ1) is 13.9. The lowest BCUT2D eigenvalue weighted by atomic mass is 9.86. The highest BCUT2D eigenvalue weighted by Crippen LogP contribution is 2.24. The minimum absolute atomic E-state index is 0.0413. The van der Waals surface area contributed by atoms with Crippen molar-refractivity contribution >= 4 is 11.9 Å². The number of carbonyl (C=O) groups excluding carboxylic acids is 1. The normalized spacial score (nSPS) is 27.0. The number of hydrogen-bond acceptors (Lipinski definition) is 4. The van der Waals surface area contributed by atoms with Gasteiger partial charge >= 0.3 is 5.97 Å². The fourth-order valence-corrected chi connectivity index (χ4v) is 1.84. The average Bonchev–Trinajstić information content (AvgIpc) is 2.56. The number of rotatable bonds is 2. The zero-order valence-electron chi connectivity index (χ0n) is 10.4. The third kappa shape index (κ3) is 2.95. The molecule has 0 aliphatic carbocycles. The van der Waals surface area contributed by atoms with E-state index in [1.54, 1.807) is 0 Å². The first-order chi connectivity index (χ1) is 7.64. The lowest BCUT2D eigenvalue weighted by Gasteiger charge is -2.31. The highest BCUT2D eigenvalue weighted by Gasteiger charge is 2.42. The number of carboxylic acids is 1. The van der Waals surface area contributed by atoms with Gasteiger partial charge in [-0.3, -0.25) is 4.79 Å². The summed E-state index contributed by atoms with van der Waals surface area (Å²) in [5.74, 6) is -1.52. The van der Waals surface area contributed by atoms with Gasteiger partial charge in [0.1, 0.15) is 6.04 Å². The molecule has 1 heterocycles. The summed E-state index contributed by atoms with van der Waals surface area (Å²) < 4.78 is 0. The Balaban J connectivity index is 2.84. The molecule has 0 spiro atoms. The molecule has 0 aromatic heterocycles. The van der Waals surface area contributed by atoms with Gasteiger partial charge in [-0.25, -0.2) is 4.79 Å². The number of carboxylic acid groups (broad SMARTS) is 1. The number of aliphatic hydroxyl groups is 1. The van der Waals surface area contributed by atoms with Crippen LogP contribution in [0.3, 0.4) is 0 Å². The topological polar surface area (TPSA) is 104 Å². The number of aliphatic carboxylic acids is 1. The number of amides is 1. The van der Waals surface area contributed by atoms with Crippen LogP contribution >= 0.6 is 0 Å². The van der Waals surface area contributed by atoms with Gasteiger partial charge in [-0.1, -0.05) is 20.8 Å². The molecule has 4 N–H and O–H groups in total. The van der Waals surface area contributed by atoms with Crippen molar-refractivity contribution in [2.75, 3.05) is 6.54 Å². The van der Waals surface area contributed by atoms with E-state index in [-0.39, 0.29) is 13.0 Å². The van der Waals surface area contributed by atoms with E-state index in [9.17, 15) is 14.7 Å². The number of likely N-dealkylation sites (tertiary alicyclic amines) is 1. The number of nitrogens with zero attached hydrogens (tertiary/aromatic N) is 1. The molecule has 17 heavy (non-hydrogen) atoms. The van der Waals surface area contributed by atoms with Crippen LogP contribution < -0.4 is 5.73 Å². The molecule has 0 aromatic carbocycles. The molecule has 1 saturated heterocycles. The van der Waals surface area contributed by atoms with E-state index < -0.39 is 35.5 Å². The van der Waals surface area contributed by atoms with Gasteiger partial charge in [0.2, 0.25) is 5.91 Å². The number of β-amino-alcohol motifs (C(OH)–C–C–N with tert-alkyl or cyclic N) is 1. The van der Waals surface area contributed by atoms with E-state index in [0.717, 1.165) is 0 Å². The third-order valence-electron chi connectivity index (χ3n) is 3.05. The zero-order valence-corrected chi connectivity index (χ0v) is 10.4. The molecule has 0 saturated carbocycles. The summed E-state index contributed by atoms with van der Waals surface area (Å²) in [6.07, 6.45) is -0.718. The van der Waals surface area contributed by atoms with E-state index in [2.05, 4.69) is 0 Å². The van der Waals surface area contributed by atoms with E-state index in [0.29, 0.717) is 0 Å². The van der Waals surface area contributed by atoms with Crippen LogP contribution in [0.4, 0.5) is 0 Å². The molecule has 2 unspecified atom stereocenters. The summed E-state index contributed by atoms with van der Waals surface area (Å²) in [4.78, 5) is 24.2. The predicted molar refractivity (Wildman–Crippen MR) is 61.2 cm³/mol. The van der Waals surface area contributed by atoms with Gasteiger partial charge in [0.05, 0.1) is 12.1 Å². The molecular weight excluding hydrogens is 224 g/mol. The van der Waals surface area contributed by atoms with Crippen LogP contribution in [0.2, 0.25) is 0 Å². The van der Waals surface area contributed by atoms with Gasteiger partial charge in [0.15, 0.2) is 0 Å². The van der Waals surface area contributed by atoms with Crippen LogP contribution in [0.25, 0.3) is 0 Å². The third-order valence-corrected chi connectivity index (χ3v) is 3.05. The molecule has 0 bridgehead atoms. The Bertz CT molecular complexity index is 324. The van der Waals surface area contributed by atoms with Gasteiger partial charge in [-0.2, -0.15) is 0 Å². The van der Waals surface area contributed by atoms with E-state index in [4.69, 9.17) is 10.8 Å². The monoisotopic (exact) mass is 244 g/mol. The van der Waals surface area contributed by atoms with Crippen molar-refractivity contribution in [2.24, 2.45) is 11.1 Å². The molecule has 1 fully saturated rings. The van der Waals surface area contributed by atoms with Gasteiger partial charge < -0.3 is 20.8 Å². The second-order valence-corrected chi connectivity index (χ2v) is 5.58. The Kier molecular flexibility index (Phi) is 3.78.